The molecule has 0 fully saturated rings. The molecule has 0 atom stereocenters. The van der Waals surface area contributed by atoms with E-state index in [9.17, 15) is 19.8 Å². The molecule has 0 aliphatic rings. The molecular formula is C20H13NO4S. The average Bonchev–Trinajstić information content (AvgIpc) is 3.06. The number of hydrogen-bond acceptors (Lipinski definition) is 5. The third kappa shape index (κ3) is 2.48. The van der Waals surface area contributed by atoms with Gasteiger partial charge in [-0.25, -0.2) is 0 Å². The summed E-state index contributed by atoms with van der Waals surface area (Å²) in [5, 5.41) is 22.6. The van der Waals surface area contributed by atoms with Crippen LogP contribution in [-0.4, -0.2) is 21.5 Å². The fraction of sp³-hybridized carbons (Fsp3) is 0. The van der Waals surface area contributed by atoms with Gasteiger partial charge in [0.2, 0.25) is 0 Å². The van der Waals surface area contributed by atoms with E-state index in [4.69, 9.17) is 0 Å². The molecule has 0 radical (unpaired) electrons. The van der Waals surface area contributed by atoms with Crippen LogP contribution in [0.25, 0.3) is 32.5 Å². The van der Waals surface area contributed by atoms with Crippen LogP contribution < -0.4 is 5.56 Å². The number of aromatic amines is 1. The lowest BCUT2D eigenvalue weighted by molar-refractivity contribution is 0.112. The summed E-state index contributed by atoms with van der Waals surface area (Å²) in [4.78, 5) is 26.0. The van der Waals surface area contributed by atoms with Crippen LogP contribution in [0.2, 0.25) is 0 Å². The lowest BCUT2D eigenvalue weighted by atomic mass is 9.99. The van der Waals surface area contributed by atoms with E-state index in [1.165, 1.54) is 11.3 Å². The number of rotatable bonds is 3. The van der Waals surface area contributed by atoms with Gasteiger partial charge >= 0.3 is 0 Å². The molecule has 0 saturated carbocycles. The van der Waals surface area contributed by atoms with Crippen LogP contribution in [0.4, 0.5) is 0 Å². The lowest BCUT2D eigenvalue weighted by Gasteiger charge is -2.07. The number of aromatic hydroxyl groups is 2. The average molecular weight is 363 g/mol. The highest BCUT2D eigenvalue weighted by Gasteiger charge is 2.17. The fourth-order valence-corrected chi connectivity index (χ4v) is 3.93. The predicted molar refractivity (Wildman–Crippen MR) is 102 cm³/mol. The second kappa shape index (κ2) is 6.16. The molecule has 4 aromatic rings. The van der Waals surface area contributed by atoms with Crippen molar-refractivity contribution in [1.82, 2.24) is 4.98 Å². The second-order valence-corrected chi connectivity index (χ2v) is 6.66. The number of aldehydes is 1. The van der Waals surface area contributed by atoms with Gasteiger partial charge in [0.05, 0.1) is 5.39 Å². The highest BCUT2D eigenvalue weighted by molar-refractivity contribution is 7.17. The van der Waals surface area contributed by atoms with Crippen molar-refractivity contribution in [1.29, 1.82) is 0 Å². The lowest BCUT2D eigenvalue weighted by Crippen LogP contribution is -2.11. The maximum Gasteiger partial charge on any atom is 0.263 e. The van der Waals surface area contributed by atoms with E-state index in [2.05, 4.69) is 4.98 Å². The van der Waals surface area contributed by atoms with E-state index in [-0.39, 0.29) is 17.1 Å². The van der Waals surface area contributed by atoms with Crippen LogP contribution in [-0.2, 0) is 0 Å². The molecule has 0 spiro atoms. The van der Waals surface area contributed by atoms with E-state index < -0.39 is 5.56 Å². The van der Waals surface area contributed by atoms with Gasteiger partial charge in [-0.2, -0.15) is 0 Å². The molecule has 0 aliphatic heterocycles. The van der Waals surface area contributed by atoms with Gasteiger partial charge < -0.3 is 15.2 Å². The Morgan fingerprint density at radius 1 is 0.923 bits per heavy atom. The molecule has 6 heteroatoms. The van der Waals surface area contributed by atoms with Crippen LogP contribution >= 0.6 is 11.3 Å². The summed E-state index contributed by atoms with van der Waals surface area (Å²) in [6.07, 6.45) is 0.357. The second-order valence-electron chi connectivity index (χ2n) is 5.78. The van der Waals surface area contributed by atoms with Crippen molar-refractivity contribution >= 4 is 27.8 Å². The SMILES string of the molecule is O=Cc1c(O)c2c(-c3ccc(-c4ccccc4O)cc3)csc2[nH]c1=O. The summed E-state index contributed by atoms with van der Waals surface area (Å²) in [5.74, 6) is -0.105. The number of aromatic nitrogens is 1. The fourth-order valence-electron chi connectivity index (χ4n) is 2.97. The largest absolute Gasteiger partial charge is 0.507 e. The van der Waals surface area contributed by atoms with Gasteiger partial charge in [0.15, 0.2) is 6.29 Å². The van der Waals surface area contributed by atoms with Gasteiger partial charge in [-0.3, -0.25) is 9.59 Å². The molecule has 0 aliphatic carbocycles. The Morgan fingerprint density at radius 3 is 2.23 bits per heavy atom. The molecule has 5 nitrogen and oxygen atoms in total. The Hall–Kier alpha value is -3.38. The molecule has 3 N–H and O–H groups in total. The number of benzene rings is 2. The third-order valence-corrected chi connectivity index (χ3v) is 5.18. The van der Waals surface area contributed by atoms with Crippen LogP contribution in [0, 0.1) is 0 Å². The molecule has 2 aromatic heterocycles. The Labute approximate surface area is 151 Å². The Bertz CT molecular complexity index is 1190. The van der Waals surface area contributed by atoms with Crippen molar-refractivity contribution in [2.45, 2.75) is 0 Å². The minimum Gasteiger partial charge on any atom is -0.507 e. The zero-order valence-electron chi connectivity index (χ0n) is 13.4. The number of phenols is 1. The molecule has 2 aromatic carbocycles. The van der Waals surface area contributed by atoms with Gasteiger partial charge in [-0.05, 0) is 17.2 Å². The summed E-state index contributed by atoms with van der Waals surface area (Å²) < 4.78 is 0. The molecule has 0 bridgehead atoms. The number of phenolic OH excluding ortho intramolecular Hbond substituents is 1. The summed E-state index contributed by atoms with van der Waals surface area (Å²) in [6, 6.07) is 14.6. The smallest absolute Gasteiger partial charge is 0.263 e. The van der Waals surface area contributed by atoms with Gasteiger partial charge in [0.25, 0.3) is 5.56 Å². The topological polar surface area (TPSA) is 90.4 Å². The highest BCUT2D eigenvalue weighted by atomic mass is 32.1. The molecule has 26 heavy (non-hydrogen) atoms. The van der Waals surface area contributed by atoms with Gasteiger partial charge in [0.1, 0.15) is 21.9 Å². The van der Waals surface area contributed by atoms with Gasteiger partial charge in [-0.15, -0.1) is 11.3 Å². The van der Waals surface area contributed by atoms with Crippen molar-refractivity contribution in [2.75, 3.05) is 0 Å². The minimum absolute atomic E-state index is 0.201. The molecule has 128 valence electrons. The number of hydrogen-bond donors (Lipinski definition) is 3. The van der Waals surface area contributed by atoms with E-state index in [1.54, 1.807) is 12.1 Å². The summed E-state index contributed by atoms with van der Waals surface area (Å²) in [7, 11) is 0. The maximum absolute atomic E-state index is 11.8. The van der Waals surface area contributed by atoms with E-state index in [1.807, 2.05) is 41.8 Å². The van der Waals surface area contributed by atoms with Crippen molar-refractivity contribution in [3.8, 4) is 33.8 Å². The number of pyridine rings is 1. The normalized spacial score (nSPS) is 10.9. The summed E-state index contributed by atoms with van der Waals surface area (Å²) in [6.45, 7) is 0. The first-order valence-electron chi connectivity index (χ1n) is 7.80. The number of thiophene rings is 1. The predicted octanol–water partition coefficient (Wildman–Crippen LogP) is 4.15. The number of fused-ring (bicyclic) bond motifs is 1. The number of para-hydroxylation sites is 1. The van der Waals surface area contributed by atoms with Gasteiger partial charge in [-0.1, -0.05) is 42.5 Å². The number of nitrogens with one attached hydrogen (secondary N) is 1. The molecule has 0 saturated heterocycles. The highest BCUT2D eigenvalue weighted by Crippen LogP contribution is 2.39. The number of H-pyrrole nitrogens is 1. The maximum atomic E-state index is 11.8. The third-order valence-electron chi connectivity index (χ3n) is 4.28. The zero-order valence-corrected chi connectivity index (χ0v) is 14.2. The van der Waals surface area contributed by atoms with Crippen molar-refractivity contribution in [3.63, 3.8) is 0 Å². The van der Waals surface area contributed by atoms with E-state index in [0.29, 0.717) is 16.5 Å². The monoisotopic (exact) mass is 363 g/mol. The van der Waals surface area contributed by atoms with Gasteiger partial charge in [0, 0.05) is 16.5 Å². The Balaban J connectivity index is 1.85. The minimum atomic E-state index is -0.603. The van der Waals surface area contributed by atoms with E-state index in [0.717, 1.165) is 22.3 Å². The first kappa shape index (κ1) is 16.1. The standard InChI is InChI=1S/C20H13NO4S/c22-9-14-18(24)17-15(10-26-20(17)21-19(14)25)12-7-5-11(6-8-12)13-3-1-2-4-16(13)23/h1-10,23H,(H2,21,24,25). The summed E-state index contributed by atoms with van der Waals surface area (Å²) in [5.41, 5.74) is 2.26. The van der Waals surface area contributed by atoms with Crippen LogP contribution in [0.15, 0.2) is 58.7 Å². The molecule has 4 rings (SSSR count). The Kier molecular flexibility index (Phi) is 3.82. The number of carbonyl (C=O) groups excluding carboxylic acids is 1. The quantitative estimate of drug-likeness (QED) is 0.477. The zero-order chi connectivity index (χ0) is 18.3. The van der Waals surface area contributed by atoms with Crippen molar-refractivity contribution < 1.29 is 15.0 Å². The van der Waals surface area contributed by atoms with Crippen molar-refractivity contribution in [2.24, 2.45) is 0 Å². The van der Waals surface area contributed by atoms with Crippen LogP contribution in [0.1, 0.15) is 10.4 Å². The number of carbonyl (C=O) groups is 1. The van der Waals surface area contributed by atoms with Crippen LogP contribution in [0.3, 0.4) is 0 Å². The molecule has 0 unspecified atom stereocenters. The summed E-state index contributed by atoms with van der Waals surface area (Å²) >= 11 is 1.29. The first-order valence-corrected chi connectivity index (χ1v) is 8.68. The molecule has 2 heterocycles. The van der Waals surface area contributed by atoms with E-state index >= 15 is 0 Å². The first-order chi connectivity index (χ1) is 12.6. The molecule has 0 amide bonds. The molecular weight excluding hydrogens is 350 g/mol. The van der Waals surface area contributed by atoms with Crippen LogP contribution in [0.5, 0.6) is 11.5 Å². The van der Waals surface area contributed by atoms with Crippen molar-refractivity contribution in [3.05, 3.63) is 69.8 Å². The Morgan fingerprint density at radius 2 is 1.58 bits per heavy atom.